The number of allylic oxidation sites excluding steroid dienone is 1. The molecule has 2 heterocycles. The highest BCUT2D eigenvalue weighted by molar-refractivity contribution is 5.84. The van der Waals surface area contributed by atoms with Crippen LogP contribution >= 0.6 is 0 Å². The second-order valence-electron chi connectivity index (χ2n) is 5.84. The molecule has 1 saturated carbocycles. The number of carbonyl (C=O) groups is 1. The Morgan fingerprint density at radius 2 is 2.00 bits per heavy atom. The summed E-state index contributed by atoms with van der Waals surface area (Å²) in [6.07, 6.45) is 1.68. The Morgan fingerprint density at radius 3 is 2.79 bits per heavy atom. The average Bonchev–Trinajstić information content (AvgIpc) is 3.06. The first kappa shape index (κ1) is 11.2. The molecule has 4 rings (SSSR count). The zero-order valence-electron chi connectivity index (χ0n) is 10.8. The molecule has 0 radical (unpaired) electrons. The van der Waals surface area contributed by atoms with Crippen molar-refractivity contribution in [2.24, 2.45) is 11.8 Å². The maximum Gasteiger partial charge on any atom is 0.229 e. The normalized spacial score (nSPS) is 36.7. The van der Waals surface area contributed by atoms with Crippen LogP contribution in [-0.2, 0) is 9.53 Å². The van der Waals surface area contributed by atoms with Gasteiger partial charge in [0.2, 0.25) is 5.91 Å². The van der Waals surface area contributed by atoms with E-state index in [1.54, 1.807) is 0 Å². The summed E-state index contributed by atoms with van der Waals surface area (Å²) in [4.78, 5) is 14.6. The highest BCUT2D eigenvalue weighted by atomic mass is 16.5. The lowest BCUT2D eigenvalue weighted by Crippen LogP contribution is -2.33. The number of ether oxygens (including phenoxy) is 1. The number of carbonyl (C=O) groups excluding carboxylic acids is 1. The predicted octanol–water partition coefficient (Wildman–Crippen LogP) is 2.51. The lowest BCUT2D eigenvalue weighted by atomic mass is 9.94. The van der Waals surface area contributed by atoms with E-state index < -0.39 is 0 Å². The fraction of sp³-hybridized carbons (Fsp3) is 0.438. The minimum atomic E-state index is -0.183. The molecule has 3 fully saturated rings. The zero-order chi connectivity index (χ0) is 13.0. The standard InChI is InChI=1S/C16H17NO2/c1-10-7-12-13(8-10)15(18)17-14(12)9-19-16(17)11-5-3-2-4-6-11/h2-6,12-14,16H,1,7-9H2. The average molecular weight is 255 g/mol. The molecule has 4 atom stereocenters. The van der Waals surface area contributed by atoms with Crippen molar-refractivity contribution in [1.29, 1.82) is 0 Å². The Labute approximate surface area is 112 Å². The minimum Gasteiger partial charge on any atom is -0.352 e. The molecule has 3 nitrogen and oxygen atoms in total. The van der Waals surface area contributed by atoms with Gasteiger partial charge in [0, 0.05) is 11.5 Å². The molecule has 1 aliphatic carbocycles. The molecule has 2 saturated heterocycles. The monoisotopic (exact) mass is 255 g/mol. The summed E-state index contributed by atoms with van der Waals surface area (Å²) in [5, 5.41) is 0. The smallest absolute Gasteiger partial charge is 0.229 e. The van der Waals surface area contributed by atoms with E-state index in [1.165, 1.54) is 5.57 Å². The third-order valence-electron chi connectivity index (χ3n) is 4.74. The highest BCUT2D eigenvalue weighted by Crippen LogP contribution is 2.50. The molecule has 2 aliphatic heterocycles. The maximum absolute atomic E-state index is 12.6. The van der Waals surface area contributed by atoms with Gasteiger partial charge in [-0.3, -0.25) is 4.79 Å². The van der Waals surface area contributed by atoms with Gasteiger partial charge in [0.25, 0.3) is 0 Å². The molecule has 19 heavy (non-hydrogen) atoms. The zero-order valence-corrected chi connectivity index (χ0v) is 10.8. The third kappa shape index (κ3) is 1.51. The van der Waals surface area contributed by atoms with Crippen molar-refractivity contribution in [3.8, 4) is 0 Å². The fourth-order valence-electron chi connectivity index (χ4n) is 3.90. The molecular formula is C16H17NO2. The van der Waals surface area contributed by atoms with E-state index in [1.807, 2.05) is 35.2 Å². The van der Waals surface area contributed by atoms with Crippen LogP contribution in [0.2, 0.25) is 0 Å². The van der Waals surface area contributed by atoms with Gasteiger partial charge in [-0.05, 0) is 18.8 Å². The Balaban J connectivity index is 1.67. The minimum absolute atomic E-state index is 0.160. The van der Waals surface area contributed by atoms with Gasteiger partial charge in [-0.1, -0.05) is 42.5 Å². The maximum atomic E-state index is 12.6. The number of hydrogen-bond acceptors (Lipinski definition) is 2. The van der Waals surface area contributed by atoms with Gasteiger partial charge < -0.3 is 9.64 Å². The van der Waals surface area contributed by atoms with E-state index in [4.69, 9.17) is 4.74 Å². The van der Waals surface area contributed by atoms with Crippen molar-refractivity contribution in [2.75, 3.05) is 6.61 Å². The molecule has 1 amide bonds. The first-order valence-electron chi connectivity index (χ1n) is 6.91. The van der Waals surface area contributed by atoms with Crippen LogP contribution in [0.5, 0.6) is 0 Å². The van der Waals surface area contributed by atoms with Crippen molar-refractivity contribution in [2.45, 2.75) is 25.1 Å². The molecule has 4 unspecified atom stereocenters. The van der Waals surface area contributed by atoms with Gasteiger partial charge >= 0.3 is 0 Å². The van der Waals surface area contributed by atoms with Crippen LogP contribution in [-0.4, -0.2) is 23.5 Å². The molecule has 3 aliphatic rings. The van der Waals surface area contributed by atoms with E-state index >= 15 is 0 Å². The van der Waals surface area contributed by atoms with Crippen molar-refractivity contribution in [3.63, 3.8) is 0 Å². The summed E-state index contributed by atoms with van der Waals surface area (Å²) in [5.74, 6) is 0.848. The van der Waals surface area contributed by atoms with Gasteiger partial charge in [0.15, 0.2) is 6.23 Å². The summed E-state index contributed by atoms with van der Waals surface area (Å²) in [7, 11) is 0. The molecule has 3 heteroatoms. The number of nitrogens with zero attached hydrogens (tertiary/aromatic N) is 1. The second-order valence-corrected chi connectivity index (χ2v) is 5.84. The molecule has 1 aromatic rings. The van der Waals surface area contributed by atoms with E-state index in [0.29, 0.717) is 12.5 Å². The van der Waals surface area contributed by atoms with Gasteiger partial charge in [0.1, 0.15) is 0 Å². The quantitative estimate of drug-likeness (QED) is 0.722. The first-order chi connectivity index (χ1) is 9.25. The molecule has 1 aromatic carbocycles. The Hall–Kier alpha value is -1.61. The lowest BCUT2D eigenvalue weighted by Gasteiger charge is -2.24. The molecular weight excluding hydrogens is 238 g/mol. The van der Waals surface area contributed by atoms with Crippen molar-refractivity contribution in [1.82, 2.24) is 4.90 Å². The fourth-order valence-corrected chi connectivity index (χ4v) is 3.90. The number of rotatable bonds is 1. The lowest BCUT2D eigenvalue weighted by molar-refractivity contribution is -0.137. The molecule has 0 N–H and O–H groups in total. The molecule has 98 valence electrons. The number of fused-ring (bicyclic) bond motifs is 3. The van der Waals surface area contributed by atoms with E-state index in [-0.39, 0.29) is 24.1 Å². The SMILES string of the molecule is C=C1CC2C(=O)N3C(c4ccccc4)OCC3C2C1. The van der Waals surface area contributed by atoms with Crippen molar-refractivity contribution in [3.05, 3.63) is 48.0 Å². The van der Waals surface area contributed by atoms with E-state index in [0.717, 1.165) is 18.4 Å². The van der Waals surface area contributed by atoms with Gasteiger partial charge in [-0.2, -0.15) is 0 Å². The van der Waals surface area contributed by atoms with Crippen LogP contribution in [0, 0.1) is 11.8 Å². The van der Waals surface area contributed by atoms with Gasteiger partial charge in [0.05, 0.1) is 12.6 Å². The van der Waals surface area contributed by atoms with E-state index in [9.17, 15) is 4.79 Å². The van der Waals surface area contributed by atoms with Crippen molar-refractivity contribution >= 4 is 5.91 Å². The summed E-state index contributed by atoms with van der Waals surface area (Å²) in [6, 6.07) is 10.3. The highest BCUT2D eigenvalue weighted by Gasteiger charge is 2.56. The van der Waals surface area contributed by atoms with Crippen molar-refractivity contribution < 1.29 is 9.53 Å². The summed E-state index contributed by atoms with van der Waals surface area (Å²) in [6.45, 7) is 4.72. The molecule has 0 aromatic heterocycles. The summed E-state index contributed by atoms with van der Waals surface area (Å²) in [5.41, 5.74) is 2.31. The van der Waals surface area contributed by atoms with Crippen LogP contribution in [0.4, 0.5) is 0 Å². The first-order valence-corrected chi connectivity index (χ1v) is 6.91. The Bertz CT molecular complexity index is 539. The Morgan fingerprint density at radius 1 is 1.21 bits per heavy atom. The van der Waals surface area contributed by atoms with E-state index in [2.05, 4.69) is 6.58 Å². The van der Waals surface area contributed by atoms with Gasteiger partial charge in [-0.25, -0.2) is 0 Å². The van der Waals surface area contributed by atoms with Gasteiger partial charge in [-0.15, -0.1) is 0 Å². The number of amides is 1. The third-order valence-corrected chi connectivity index (χ3v) is 4.74. The molecule has 0 bridgehead atoms. The summed E-state index contributed by atoms with van der Waals surface area (Å²) < 4.78 is 5.90. The Kier molecular flexibility index (Phi) is 2.33. The van der Waals surface area contributed by atoms with Crippen LogP contribution in [0.15, 0.2) is 42.5 Å². The molecule has 0 spiro atoms. The second kappa shape index (κ2) is 3.94. The summed E-state index contributed by atoms with van der Waals surface area (Å²) >= 11 is 0. The number of benzene rings is 1. The topological polar surface area (TPSA) is 29.5 Å². The van der Waals surface area contributed by atoms with Crippen LogP contribution < -0.4 is 0 Å². The van der Waals surface area contributed by atoms with Crippen LogP contribution in [0.25, 0.3) is 0 Å². The largest absolute Gasteiger partial charge is 0.352 e. The van der Waals surface area contributed by atoms with Crippen LogP contribution in [0.3, 0.4) is 0 Å². The van der Waals surface area contributed by atoms with Crippen LogP contribution in [0.1, 0.15) is 24.6 Å². The number of hydrogen-bond donors (Lipinski definition) is 0. The predicted molar refractivity (Wildman–Crippen MR) is 71.1 cm³/mol.